The molecule has 86 valence electrons. The number of hydrogen-bond acceptors (Lipinski definition) is 0. The zero-order valence-electron chi connectivity index (χ0n) is 10.6. The second-order valence-corrected chi connectivity index (χ2v) is 3.98. The van der Waals surface area contributed by atoms with Crippen molar-refractivity contribution in [1.29, 1.82) is 0 Å². The molecule has 0 bridgehead atoms. The zero-order chi connectivity index (χ0) is 11.8. The van der Waals surface area contributed by atoms with Crippen LogP contribution in [0.4, 0.5) is 0 Å². The first kappa shape index (κ1) is 12.8. The van der Waals surface area contributed by atoms with Crippen LogP contribution in [0.2, 0.25) is 0 Å². The minimum absolute atomic E-state index is 0.539. The quantitative estimate of drug-likeness (QED) is 0.599. The van der Waals surface area contributed by atoms with Gasteiger partial charge in [-0.05, 0) is 30.9 Å². The van der Waals surface area contributed by atoms with Gasteiger partial charge in [0.2, 0.25) is 0 Å². The summed E-state index contributed by atoms with van der Waals surface area (Å²) in [6.45, 7) is 6.53. The molecule has 1 atom stereocenters. The van der Waals surface area contributed by atoms with Gasteiger partial charge in [0.05, 0.1) is 0 Å². The molecule has 1 rings (SSSR count). The van der Waals surface area contributed by atoms with Crippen LogP contribution in [0.3, 0.4) is 0 Å². The average molecular weight is 214 g/mol. The van der Waals surface area contributed by atoms with Gasteiger partial charge >= 0.3 is 0 Å². The maximum absolute atomic E-state index is 2.33. The first-order valence-electron chi connectivity index (χ1n) is 6.21. The Morgan fingerprint density at radius 2 is 1.88 bits per heavy atom. The molecular weight excluding hydrogens is 192 g/mol. The highest BCUT2D eigenvalue weighted by Gasteiger charge is 2.11. The predicted octanol–water partition coefficient (Wildman–Crippen LogP) is 5.09. The van der Waals surface area contributed by atoms with Gasteiger partial charge < -0.3 is 0 Å². The summed E-state index contributed by atoms with van der Waals surface area (Å²) in [5.74, 6) is 0.539. The highest BCUT2D eigenvalue weighted by molar-refractivity contribution is 5.34. The first-order chi connectivity index (χ1) is 7.83. The Kier molecular flexibility index (Phi) is 5.63. The van der Waals surface area contributed by atoms with E-state index in [4.69, 9.17) is 0 Å². The van der Waals surface area contributed by atoms with Crippen LogP contribution in [0, 0.1) is 0 Å². The van der Waals surface area contributed by atoms with Crippen molar-refractivity contribution in [2.45, 2.75) is 39.5 Å². The van der Waals surface area contributed by atoms with Gasteiger partial charge in [-0.1, -0.05) is 62.4 Å². The van der Waals surface area contributed by atoms with Crippen LogP contribution in [0.1, 0.15) is 45.1 Å². The molecule has 0 saturated heterocycles. The third kappa shape index (κ3) is 3.37. The fraction of sp³-hybridized carbons (Fsp3) is 0.375. The molecule has 0 radical (unpaired) electrons. The molecule has 0 spiro atoms. The molecule has 1 aromatic carbocycles. The number of benzene rings is 1. The van der Waals surface area contributed by atoms with Crippen LogP contribution in [0.25, 0.3) is 0 Å². The molecule has 0 nitrogen and oxygen atoms in total. The van der Waals surface area contributed by atoms with E-state index in [0.29, 0.717) is 5.92 Å². The molecule has 0 aliphatic carbocycles. The molecule has 0 aromatic heterocycles. The van der Waals surface area contributed by atoms with Crippen LogP contribution >= 0.6 is 0 Å². The predicted molar refractivity (Wildman–Crippen MR) is 72.7 cm³/mol. The van der Waals surface area contributed by atoms with E-state index < -0.39 is 0 Å². The van der Waals surface area contributed by atoms with Crippen molar-refractivity contribution in [3.8, 4) is 0 Å². The Balaban J connectivity index is 3.00. The van der Waals surface area contributed by atoms with Crippen LogP contribution < -0.4 is 0 Å². The second kappa shape index (κ2) is 7.05. The lowest BCUT2D eigenvalue weighted by atomic mass is 9.88. The van der Waals surface area contributed by atoms with E-state index in [9.17, 15) is 0 Å². The van der Waals surface area contributed by atoms with Gasteiger partial charge in [0.15, 0.2) is 0 Å². The van der Waals surface area contributed by atoms with E-state index in [0.717, 1.165) is 12.8 Å². The molecule has 1 unspecified atom stereocenters. The molecule has 0 saturated carbocycles. The monoisotopic (exact) mass is 214 g/mol. The molecular formula is C16H22. The Morgan fingerprint density at radius 1 is 1.19 bits per heavy atom. The van der Waals surface area contributed by atoms with Crippen molar-refractivity contribution in [3.63, 3.8) is 0 Å². The Bertz CT molecular complexity index is 344. The van der Waals surface area contributed by atoms with Crippen molar-refractivity contribution in [2.75, 3.05) is 0 Å². The molecule has 16 heavy (non-hydrogen) atoms. The largest absolute Gasteiger partial charge is 0.0874 e. The third-order valence-electron chi connectivity index (χ3n) is 2.81. The summed E-state index contributed by atoms with van der Waals surface area (Å²) in [6, 6.07) is 10.8. The highest BCUT2D eigenvalue weighted by Crippen LogP contribution is 2.28. The van der Waals surface area contributed by atoms with Gasteiger partial charge in [0.25, 0.3) is 0 Å². The van der Waals surface area contributed by atoms with Crippen molar-refractivity contribution in [2.24, 2.45) is 0 Å². The van der Waals surface area contributed by atoms with Gasteiger partial charge in [0, 0.05) is 5.92 Å². The minimum atomic E-state index is 0.539. The fourth-order valence-corrected chi connectivity index (χ4v) is 2.10. The summed E-state index contributed by atoms with van der Waals surface area (Å²) >= 11 is 0. The fourth-order valence-electron chi connectivity index (χ4n) is 2.10. The highest BCUT2D eigenvalue weighted by atomic mass is 14.2. The van der Waals surface area contributed by atoms with Gasteiger partial charge in [-0.3, -0.25) is 0 Å². The van der Waals surface area contributed by atoms with Crippen LogP contribution in [-0.2, 0) is 0 Å². The molecule has 0 aliphatic heterocycles. The normalized spacial score (nSPS) is 14.3. The van der Waals surface area contributed by atoms with E-state index in [1.54, 1.807) is 0 Å². The topological polar surface area (TPSA) is 0 Å². The van der Waals surface area contributed by atoms with Crippen LogP contribution in [0.5, 0.6) is 0 Å². The molecule has 0 heterocycles. The van der Waals surface area contributed by atoms with Gasteiger partial charge in [0.1, 0.15) is 0 Å². The van der Waals surface area contributed by atoms with E-state index in [-0.39, 0.29) is 0 Å². The minimum Gasteiger partial charge on any atom is -0.0874 e. The number of allylic oxidation sites excluding steroid dienone is 4. The molecule has 1 aromatic rings. The van der Waals surface area contributed by atoms with Crippen molar-refractivity contribution in [3.05, 3.63) is 59.7 Å². The van der Waals surface area contributed by atoms with Gasteiger partial charge in [-0.15, -0.1) is 0 Å². The number of rotatable bonds is 5. The Morgan fingerprint density at radius 3 is 2.38 bits per heavy atom. The summed E-state index contributed by atoms with van der Waals surface area (Å²) in [4.78, 5) is 0. The Labute approximate surface area is 99.7 Å². The molecule has 0 heteroatoms. The summed E-state index contributed by atoms with van der Waals surface area (Å²) in [6.07, 6.45) is 8.96. The summed E-state index contributed by atoms with van der Waals surface area (Å²) in [7, 11) is 0. The molecule has 0 fully saturated rings. The number of hydrogen-bond donors (Lipinski definition) is 0. The second-order valence-electron chi connectivity index (χ2n) is 3.98. The standard InChI is InChI=1S/C16H22/c1-4-10-14(11-5-2)16(6-3)15-12-8-7-9-13-15/h4,7-13,16H,5-6H2,1-3H3/b10-4-,14-11+. The summed E-state index contributed by atoms with van der Waals surface area (Å²) in [5.41, 5.74) is 2.86. The Hall–Kier alpha value is -1.30. The van der Waals surface area contributed by atoms with E-state index >= 15 is 0 Å². The maximum Gasteiger partial charge on any atom is 0.00834 e. The lowest BCUT2D eigenvalue weighted by Gasteiger charge is -2.17. The van der Waals surface area contributed by atoms with Gasteiger partial charge in [-0.2, -0.15) is 0 Å². The van der Waals surface area contributed by atoms with Crippen molar-refractivity contribution in [1.82, 2.24) is 0 Å². The molecule has 0 amide bonds. The SMILES string of the molecule is C/C=C\C(=C/CC)C(CC)c1ccccc1. The lowest BCUT2D eigenvalue weighted by Crippen LogP contribution is -1.99. The van der Waals surface area contributed by atoms with Crippen LogP contribution in [-0.4, -0.2) is 0 Å². The third-order valence-corrected chi connectivity index (χ3v) is 2.81. The average Bonchev–Trinajstić information content (AvgIpc) is 2.32. The zero-order valence-corrected chi connectivity index (χ0v) is 10.6. The molecule has 0 N–H and O–H groups in total. The molecule has 0 aliphatic rings. The van der Waals surface area contributed by atoms with Crippen LogP contribution in [0.15, 0.2) is 54.1 Å². The van der Waals surface area contributed by atoms with E-state index in [1.807, 2.05) is 0 Å². The van der Waals surface area contributed by atoms with Crippen molar-refractivity contribution >= 4 is 0 Å². The van der Waals surface area contributed by atoms with E-state index in [2.05, 4.69) is 69.3 Å². The maximum atomic E-state index is 2.33. The van der Waals surface area contributed by atoms with E-state index in [1.165, 1.54) is 11.1 Å². The lowest BCUT2D eigenvalue weighted by molar-refractivity contribution is 0.771. The van der Waals surface area contributed by atoms with Gasteiger partial charge in [-0.25, -0.2) is 0 Å². The summed E-state index contributed by atoms with van der Waals surface area (Å²) in [5, 5.41) is 0. The van der Waals surface area contributed by atoms with Crippen molar-refractivity contribution < 1.29 is 0 Å². The summed E-state index contributed by atoms with van der Waals surface area (Å²) < 4.78 is 0. The first-order valence-corrected chi connectivity index (χ1v) is 6.21. The smallest absolute Gasteiger partial charge is 0.00834 e.